The first-order valence-electron chi connectivity index (χ1n) is 5.58. The Hall–Kier alpha value is -1.54. The smallest absolute Gasteiger partial charge is 0.0623 e. The van der Waals surface area contributed by atoms with Crippen molar-refractivity contribution in [2.24, 2.45) is 0 Å². The van der Waals surface area contributed by atoms with Gasteiger partial charge in [-0.3, -0.25) is 4.98 Å². The molecule has 3 heteroatoms. The topological polar surface area (TPSA) is 24.9 Å². The zero-order valence-corrected chi connectivity index (χ0v) is 10.8. The number of aryl methyl sites for hydroxylation is 1. The fourth-order valence-electron chi connectivity index (χ4n) is 1.68. The number of halogens is 1. The van der Waals surface area contributed by atoms with Gasteiger partial charge < -0.3 is 5.32 Å². The minimum Gasteiger partial charge on any atom is -0.379 e. The molecular weight excluding hydrogens is 232 g/mol. The Kier molecular flexibility index (Phi) is 3.64. The van der Waals surface area contributed by atoms with Crippen LogP contribution in [0.1, 0.15) is 16.8 Å². The number of pyridine rings is 1. The Morgan fingerprint density at radius 2 is 2.00 bits per heavy atom. The number of hydrogen-bond acceptors (Lipinski definition) is 2. The second-order valence-electron chi connectivity index (χ2n) is 4.03. The number of rotatable bonds is 3. The SMILES string of the molecule is Cc1cccnc1CNc1cccc(Cl)c1C. The first-order chi connectivity index (χ1) is 8.18. The Morgan fingerprint density at radius 1 is 1.18 bits per heavy atom. The van der Waals surface area contributed by atoms with Crippen LogP contribution in [0.15, 0.2) is 36.5 Å². The molecule has 0 atom stereocenters. The number of nitrogens with zero attached hydrogens (tertiary/aromatic N) is 1. The van der Waals surface area contributed by atoms with Gasteiger partial charge in [0.15, 0.2) is 0 Å². The maximum atomic E-state index is 6.07. The van der Waals surface area contributed by atoms with Gasteiger partial charge in [0.25, 0.3) is 0 Å². The lowest BCUT2D eigenvalue weighted by Gasteiger charge is -2.11. The number of benzene rings is 1. The molecule has 0 fully saturated rings. The normalized spacial score (nSPS) is 10.3. The Bertz CT molecular complexity index is 523. The van der Waals surface area contributed by atoms with E-state index in [1.165, 1.54) is 5.56 Å². The van der Waals surface area contributed by atoms with Crippen molar-refractivity contribution in [3.05, 3.63) is 58.4 Å². The van der Waals surface area contributed by atoms with E-state index in [0.29, 0.717) is 6.54 Å². The van der Waals surface area contributed by atoms with Crippen LogP contribution in [-0.2, 0) is 6.54 Å². The van der Waals surface area contributed by atoms with Crippen LogP contribution in [-0.4, -0.2) is 4.98 Å². The molecule has 0 aliphatic heterocycles. The highest BCUT2D eigenvalue weighted by Crippen LogP contribution is 2.23. The van der Waals surface area contributed by atoms with Crippen LogP contribution in [0.4, 0.5) is 5.69 Å². The van der Waals surface area contributed by atoms with E-state index in [9.17, 15) is 0 Å². The van der Waals surface area contributed by atoms with Gasteiger partial charge in [0.05, 0.1) is 12.2 Å². The predicted octanol–water partition coefficient (Wildman–Crippen LogP) is 3.96. The van der Waals surface area contributed by atoms with Crippen molar-refractivity contribution in [2.75, 3.05) is 5.32 Å². The lowest BCUT2D eigenvalue weighted by molar-refractivity contribution is 1.02. The van der Waals surface area contributed by atoms with Gasteiger partial charge in [-0.25, -0.2) is 0 Å². The predicted molar refractivity (Wildman–Crippen MR) is 72.5 cm³/mol. The number of aromatic nitrogens is 1. The summed E-state index contributed by atoms with van der Waals surface area (Å²) in [5.41, 5.74) is 4.39. The summed E-state index contributed by atoms with van der Waals surface area (Å²) in [6.45, 7) is 4.79. The Labute approximate surface area is 107 Å². The summed E-state index contributed by atoms with van der Waals surface area (Å²) in [6, 6.07) is 9.88. The highest BCUT2D eigenvalue weighted by molar-refractivity contribution is 6.31. The van der Waals surface area contributed by atoms with Crippen LogP contribution < -0.4 is 5.32 Å². The summed E-state index contributed by atoms with van der Waals surface area (Å²) in [4.78, 5) is 4.35. The molecule has 0 unspecified atom stereocenters. The maximum Gasteiger partial charge on any atom is 0.0623 e. The second kappa shape index (κ2) is 5.19. The largest absolute Gasteiger partial charge is 0.379 e. The van der Waals surface area contributed by atoms with Crippen LogP contribution in [0.2, 0.25) is 5.02 Å². The van der Waals surface area contributed by atoms with E-state index in [1.807, 2.05) is 37.4 Å². The minimum absolute atomic E-state index is 0.716. The van der Waals surface area contributed by atoms with Gasteiger partial charge >= 0.3 is 0 Å². The Morgan fingerprint density at radius 3 is 2.76 bits per heavy atom. The van der Waals surface area contributed by atoms with E-state index in [4.69, 9.17) is 11.6 Å². The van der Waals surface area contributed by atoms with Crippen LogP contribution in [0, 0.1) is 13.8 Å². The average Bonchev–Trinajstić information content (AvgIpc) is 2.33. The Balaban J connectivity index is 2.13. The minimum atomic E-state index is 0.716. The molecule has 17 heavy (non-hydrogen) atoms. The van der Waals surface area contributed by atoms with E-state index in [-0.39, 0.29) is 0 Å². The number of anilines is 1. The fourth-order valence-corrected chi connectivity index (χ4v) is 1.86. The molecule has 0 amide bonds. The van der Waals surface area contributed by atoms with Crippen molar-refractivity contribution in [1.82, 2.24) is 4.98 Å². The lowest BCUT2D eigenvalue weighted by Crippen LogP contribution is -2.04. The number of hydrogen-bond donors (Lipinski definition) is 1. The highest BCUT2D eigenvalue weighted by atomic mass is 35.5. The van der Waals surface area contributed by atoms with Gasteiger partial charge in [-0.15, -0.1) is 0 Å². The van der Waals surface area contributed by atoms with E-state index < -0.39 is 0 Å². The number of nitrogens with one attached hydrogen (secondary N) is 1. The fraction of sp³-hybridized carbons (Fsp3) is 0.214. The van der Waals surface area contributed by atoms with Gasteiger partial charge in [0.2, 0.25) is 0 Å². The first kappa shape index (κ1) is 11.9. The average molecular weight is 247 g/mol. The van der Waals surface area contributed by atoms with Gasteiger partial charge in [0, 0.05) is 16.9 Å². The molecule has 2 aromatic rings. The summed E-state index contributed by atoms with van der Waals surface area (Å²) in [5, 5.41) is 4.15. The summed E-state index contributed by atoms with van der Waals surface area (Å²) in [7, 11) is 0. The third kappa shape index (κ3) is 2.77. The quantitative estimate of drug-likeness (QED) is 0.887. The standard InChI is InChI=1S/C14H15ClN2/c1-10-5-4-8-16-14(10)9-17-13-7-3-6-12(15)11(13)2/h3-8,17H,9H2,1-2H3. The molecule has 2 nitrogen and oxygen atoms in total. The summed E-state index contributed by atoms with van der Waals surface area (Å²) in [6.07, 6.45) is 1.81. The lowest BCUT2D eigenvalue weighted by atomic mass is 10.2. The second-order valence-corrected chi connectivity index (χ2v) is 4.44. The van der Waals surface area contributed by atoms with Crippen LogP contribution >= 0.6 is 11.6 Å². The molecule has 1 aromatic heterocycles. The third-order valence-corrected chi connectivity index (χ3v) is 3.24. The maximum absolute atomic E-state index is 6.07. The zero-order chi connectivity index (χ0) is 12.3. The van der Waals surface area contributed by atoms with Crippen molar-refractivity contribution in [3.63, 3.8) is 0 Å². The molecular formula is C14H15ClN2. The van der Waals surface area contributed by atoms with E-state index in [0.717, 1.165) is 22.0 Å². The molecule has 0 bridgehead atoms. The van der Waals surface area contributed by atoms with E-state index >= 15 is 0 Å². The molecule has 0 saturated heterocycles. The zero-order valence-electron chi connectivity index (χ0n) is 10.00. The monoisotopic (exact) mass is 246 g/mol. The van der Waals surface area contributed by atoms with Crippen molar-refractivity contribution in [1.29, 1.82) is 0 Å². The molecule has 0 radical (unpaired) electrons. The van der Waals surface area contributed by atoms with Crippen molar-refractivity contribution >= 4 is 17.3 Å². The van der Waals surface area contributed by atoms with Crippen LogP contribution in [0.3, 0.4) is 0 Å². The molecule has 0 aliphatic carbocycles. The molecule has 88 valence electrons. The molecule has 0 saturated carbocycles. The highest BCUT2D eigenvalue weighted by Gasteiger charge is 2.03. The van der Waals surface area contributed by atoms with Crippen LogP contribution in [0.5, 0.6) is 0 Å². The molecule has 0 aliphatic rings. The summed E-state index contributed by atoms with van der Waals surface area (Å²) >= 11 is 6.07. The first-order valence-corrected chi connectivity index (χ1v) is 5.96. The van der Waals surface area contributed by atoms with E-state index in [2.05, 4.69) is 23.3 Å². The van der Waals surface area contributed by atoms with Gasteiger partial charge in [0.1, 0.15) is 0 Å². The van der Waals surface area contributed by atoms with Gasteiger partial charge in [-0.1, -0.05) is 23.7 Å². The molecule has 1 aromatic carbocycles. The molecule has 1 heterocycles. The molecule has 2 rings (SSSR count). The van der Waals surface area contributed by atoms with Crippen LogP contribution in [0.25, 0.3) is 0 Å². The molecule has 1 N–H and O–H groups in total. The third-order valence-electron chi connectivity index (χ3n) is 2.83. The van der Waals surface area contributed by atoms with Crippen molar-refractivity contribution < 1.29 is 0 Å². The van der Waals surface area contributed by atoms with E-state index in [1.54, 1.807) is 0 Å². The summed E-state index contributed by atoms with van der Waals surface area (Å²) < 4.78 is 0. The van der Waals surface area contributed by atoms with Crippen molar-refractivity contribution in [2.45, 2.75) is 20.4 Å². The van der Waals surface area contributed by atoms with Gasteiger partial charge in [-0.05, 0) is 43.2 Å². The summed E-state index contributed by atoms with van der Waals surface area (Å²) in [5.74, 6) is 0. The van der Waals surface area contributed by atoms with Gasteiger partial charge in [-0.2, -0.15) is 0 Å². The van der Waals surface area contributed by atoms with Crippen molar-refractivity contribution in [3.8, 4) is 0 Å². The molecule has 0 spiro atoms.